The molecule has 0 aromatic carbocycles. The largest absolute Gasteiger partial charge is 0.342 e. The molecule has 2 atom stereocenters. The summed E-state index contributed by atoms with van der Waals surface area (Å²) in [7, 11) is 1.94. The van der Waals surface area contributed by atoms with E-state index in [1.807, 2.05) is 17.9 Å². The van der Waals surface area contributed by atoms with Gasteiger partial charge in [0.05, 0.1) is 6.20 Å². The molecule has 3 aliphatic rings. The molecule has 2 saturated heterocycles. The van der Waals surface area contributed by atoms with Crippen LogP contribution in [0, 0.1) is 17.8 Å². The van der Waals surface area contributed by atoms with E-state index in [1.54, 1.807) is 0 Å². The van der Waals surface area contributed by atoms with Crippen molar-refractivity contribution in [2.45, 2.75) is 44.9 Å². The minimum absolute atomic E-state index is 0.212. The Hall–Kier alpha value is -1.36. The van der Waals surface area contributed by atoms with Crippen LogP contribution in [0.25, 0.3) is 0 Å². The van der Waals surface area contributed by atoms with E-state index in [0.29, 0.717) is 11.8 Å². The molecule has 1 amide bonds. The van der Waals surface area contributed by atoms with Gasteiger partial charge < -0.3 is 9.80 Å². The first-order chi connectivity index (χ1) is 12.1. The molecule has 5 nitrogen and oxygen atoms in total. The van der Waals surface area contributed by atoms with Gasteiger partial charge in [-0.3, -0.25) is 9.48 Å². The topological polar surface area (TPSA) is 41.4 Å². The van der Waals surface area contributed by atoms with Crippen LogP contribution in [0.3, 0.4) is 0 Å². The summed E-state index contributed by atoms with van der Waals surface area (Å²) in [5.41, 5.74) is 1.23. The Morgan fingerprint density at radius 2 is 1.88 bits per heavy atom. The van der Waals surface area contributed by atoms with Crippen molar-refractivity contribution in [3.8, 4) is 0 Å². The molecule has 1 saturated carbocycles. The Morgan fingerprint density at radius 1 is 1.16 bits per heavy atom. The first-order valence-electron chi connectivity index (χ1n) is 10.1. The fraction of sp³-hybridized carbons (Fsp3) is 0.800. The average Bonchev–Trinajstić information content (AvgIpc) is 3.31. The van der Waals surface area contributed by atoms with Crippen LogP contribution in [0.4, 0.5) is 0 Å². The Morgan fingerprint density at radius 3 is 2.52 bits per heavy atom. The summed E-state index contributed by atoms with van der Waals surface area (Å²) < 4.78 is 1.84. The van der Waals surface area contributed by atoms with Gasteiger partial charge in [0.25, 0.3) is 0 Å². The van der Waals surface area contributed by atoms with E-state index in [-0.39, 0.29) is 5.92 Å². The molecule has 1 aliphatic carbocycles. The van der Waals surface area contributed by atoms with Crippen LogP contribution in [0.5, 0.6) is 0 Å². The third-order valence-electron chi connectivity index (χ3n) is 6.58. The van der Waals surface area contributed by atoms with Gasteiger partial charge in [-0.15, -0.1) is 0 Å². The summed E-state index contributed by atoms with van der Waals surface area (Å²) in [6.07, 6.45) is 10.1. The number of carbonyl (C=O) groups excluding carboxylic acids is 1. The molecule has 3 heterocycles. The summed E-state index contributed by atoms with van der Waals surface area (Å²) in [5.74, 6) is 2.70. The maximum atomic E-state index is 12.8. The minimum Gasteiger partial charge on any atom is -0.342 e. The normalized spacial score (nSPS) is 29.1. The zero-order chi connectivity index (χ0) is 17.4. The molecule has 0 spiro atoms. The number of aryl methyl sites for hydroxylation is 1. The predicted molar refractivity (Wildman–Crippen MR) is 98.2 cm³/mol. The lowest BCUT2D eigenvalue weighted by Gasteiger charge is -2.37. The van der Waals surface area contributed by atoms with Crippen molar-refractivity contribution in [3.63, 3.8) is 0 Å². The van der Waals surface area contributed by atoms with Gasteiger partial charge in [-0.05, 0) is 68.5 Å². The van der Waals surface area contributed by atoms with Crippen LogP contribution in [-0.4, -0.2) is 58.2 Å². The lowest BCUT2D eigenvalue weighted by Crippen LogP contribution is -2.43. The number of hydrogen-bond donors (Lipinski definition) is 0. The number of aromatic nitrogens is 2. The van der Waals surface area contributed by atoms with E-state index in [4.69, 9.17) is 0 Å². The van der Waals surface area contributed by atoms with Gasteiger partial charge >= 0.3 is 0 Å². The van der Waals surface area contributed by atoms with Crippen LogP contribution in [0.1, 0.15) is 50.5 Å². The number of likely N-dealkylation sites (tertiary alicyclic amines) is 2. The quantitative estimate of drug-likeness (QED) is 0.843. The number of hydrogen-bond acceptors (Lipinski definition) is 3. The number of rotatable bonds is 4. The van der Waals surface area contributed by atoms with Gasteiger partial charge in [0.15, 0.2) is 0 Å². The monoisotopic (exact) mass is 344 g/mol. The molecular formula is C20H32N4O. The van der Waals surface area contributed by atoms with Crippen molar-refractivity contribution in [1.29, 1.82) is 0 Å². The van der Waals surface area contributed by atoms with Gasteiger partial charge in [-0.25, -0.2) is 0 Å². The molecule has 0 N–H and O–H groups in total. The summed E-state index contributed by atoms with van der Waals surface area (Å²) in [6, 6.07) is 0. The van der Waals surface area contributed by atoms with E-state index >= 15 is 0 Å². The molecule has 0 radical (unpaired) electrons. The van der Waals surface area contributed by atoms with Crippen molar-refractivity contribution >= 4 is 5.91 Å². The van der Waals surface area contributed by atoms with Crippen molar-refractivity contribution in [3.05, 3.63) is 18.0 Å². The standard InChI is InChI=1S/C20H32N4O/c1-15-3-7-23(8-4-15)13-16-5-9-24(10-6-16)20(25)19-11-18(19)17-12-21-22(2)14-17/h12,14-16,18-19H,3-11,13H2,1-2H3/t18-,19-/m1/s1. The van der Waals surface area contributed by atoms with E-state index in [0.717, 1.165) is 31.3 Å². The molecule has 25 heavy (non-hydrogen) atoms. The smallest absolute Gasteiger partial charge is 0.226 e. The van der Waals surface area contributed by atoms with Gasteiger partial charge in [-0.1, -0.05) is 6.92 Å². The minimum atomic E-state index is 0.212. The van der Waals surface area contributed by atoms with E-state index in [2.05, 4.69) is 28.0 Å². The van der Waals surface area contributed by atoms with Gasteiger partial charge in [-0.2, -0.15) is 5.10 Å². The second kappa shape index (κ2) is 7.10. The summed E-state index contributed by atoms with van der Waals surface area (Å²) in [5, 5.41) is 4.24. The van der Waals surface area contributed by atoms with Crippen LogP contribution < -0.4 is 0 Å². The molecule has 4 rings (SSSR count). The first kappa shape index (κ1) is 17.1. The highest BCUT2D eigenvalue weighted by Crippen LogP contribution is 2.48. The van der Waals surface area contributed by atoms with Crippen molar-refractivity contribution < 1.29 is 4.79 Å². The molecule has 3 fully saturated rings. The summed E-state index contributed by atoms with van der Waals surface area (Å²) in [6.45, 7) is 8.09. The third-order valence-corrected chi connectivity index (χ3v) is 6.58. The number of carbonyl (C=O) groups is 1. The fourth-order valence-corrected chi connectivity index (χ4v) is 4.65. The lowest BCUT2D eigenvalue weighted by molar-refractivity contribution is -0.134. The molecule has 1 aromatic heterocycles. The van der Waals surface area contributed by atoms with Gasteiger partial charge in [0.1, 0.15) is 0 Å². The van der Waals surface area contributed by atoms with Crippen LogP contribution >= 0.6 is 0 Å². The fourth-order valence-electron chi connectivity index (χ4n) is 4.65. The van der Waals surface area contributed by atoms with Crippen molar-refractivity contribution in [2.75, 3.05) is 32.7 Å². The highest BCUT2D eigenvalue weighted by atomic mass is 16.2. The maximum absolute atomic E-state index is 12.8. The molecule has 1 aromatic rings. The Kier molecular flexibility index (Phi) is 4.85. The Bertz CT molecular complexity index is 597. The Balaban J connectivity index is 1.22. The highest BCUT2D eigenvalue weighted by Gasteiger charge is 2.46. The average molecular weight is 345 g/mol. The third kappa shape index (κ3) is 3.91. The van der Waals surface area contributed by atoms with Gasteiger partial charge in [0, 0.05) is 38.8 Å². The van der Waals surface area contributed by atoms with Crippen molar-refractivity contribution in [1.82, 2.24) is 19.6 Å². The molecule has 2 aliphatic heterocycles. The number of nitrogens with zero attached hydrogens (tertiary/aromatic N) is 4. The first-order valence-corrected chi connectivity index (χ1v) is 10.1. The molecule has 5 heteroatoms. The number of amides is 1. The van der Waals surface area contributed by atoms with E-state index < -0.39 is 0 Å². The zero-order valence-corrected chi connectivity index (χ0v) is 15.7. The van der Waals surface area contributed by atoms with Gasteiger partial charge in [0.2, 0.25) is 5.91 Å². The predicted octanol–water partition coefficient (Wildman–Crippen LogP) is 2.49. The lowest BCUT2D eigenvalue weighted by atomic mass is 9.93. The van der Waals surface area contributed by atoms with Crippen molar-refractivity contribution in [2.24, 2.45) is 24.8 Å². The maximum Gasteiger partial charge on any atom is 0.226 e. The molecule has 0 bridgehead atoms. The second-order valence-electron chi connectivity index (χ2n) is 8.65. The molecule has 138 valence electrons. The van der Waals surface area contributed by atoms with E-state index in [1.165, 1.54) is 50.9 Å². The molecule has 0 unspecified atom stereocenters. The number of piperidine rings is 2. The molecular weight excluding hydrogens is 312 g/mol. The highest BCUT2D eigenvalue weighted by molar-refractivity contribution is 5.83. The SMILES string of the molecule is CC1CCN(CC2CCN(C(=O)[C@@H]3C[C@@H]3c3cnn(C)c3)CC2)CC1. The second-order valence-corrected chi connectivity index (χ2v) is 8.65. The summed E-state index contributed by atoms with van der Waals surface area (Å²) in [4.78, 5) is 17.6. The van der Waals surface area contributed by atoms with Crippen LogP contribution in [0.2, 0.25) is 0 Å². The Labute approximate surface area is 151 Å². The zero-order valence-electron chi connectivity index (χ0n) is 15.7. The van der Waals surface area contributed by atoms with Crippen LogP contribution in [-0.2, 0) is 11.8 Å². The summed E-state index contributed by atoms with van der Waals surface area (Å²) >= 11 is 0. The van der Waals surface area contributed by atoms with E-state index in [9.17, 15) is 4.79 Å². The van der Waals surface area contributed by atoms with Crippen LogP contribution in [0.15, 0.2) is 12.4 Å².